The van der Waals surface area contributed by atoms with Gasteiger partial charge in [0.1, 0.15) is 11.5 Å². The van der Waals surface area contributed by atoms with Crippen LogP contribution < -0.4 is 0 Å². The van der Waals surface area contributed by atoms with Crippen molar-refractivity contribution in [2.75, 3.05) is 0 Å². The lowest BCUT2D eigenvalue weighted by Crippen LogP contribution is -1.99. The Morgan fingerprint density at radius 2 is 1.19 bits per heavy atom. The molecule has 0 aliphatic heterocycles. The molecule has 2 N–H and O–H groups in total. The van der Waals surface area contributed by atoms with Gasteiger partial charge in [0.2, 0.25) is 0 Å². The van der Waals surface area contributed by atoms with Gasteiger partial charge in [0, 0.05) is 11.5 Å². The summed E-state index contributed by atoms with van der Waals surface area (Å²) in [6, 6.07) is 21.2. The first-order valence-corrected chi connectivity index (χ1v) is 6.96. The van der Waals surface area contributed by atoms with E-state index in [1.807, 2.05) is 24.3 Å². The minimum absolute atomic E-state index is 0.0375. The first kappa shape index (κ1) is 12.0. The number of benzene rings is 3. The second-order valence-corrected chi connectivity index (χ2v) is 5.35. The van der Waals surface area contributed by atoms with Crippen molar-refractivity contribution in [1.29, 1.82) is 0 Å². The molecule has 2 nitrogen and oxygen atoms in total. The molecule has 102 valence electrons. The Morgan fingerprint density at radius 3 is 1.81 bits per heavy atom. The van der Waals surface area contributed by atoms with E-state index in [4.69, 9.17) is 0 Å². The molecule has 0 bridgehead atoms. The molecular formula is C19H14O2. The molecule has 0 saturated carbocycles. The molecule has 1 aliphatic carbocycles. The van der Waals surface area contributed by atoms with Crippen LogP contribution >= 0.6 is 0 Å². The van der Waals surface area contributed by atoms with Gasteiger partial charge in [0.25, 0.3) is 0 Å². The summed E-state index contributed by atoms with van der Waals surface area (Å²) in [4.78, 5) is 0. The topological polar surface area (TPSA) is 40.5 Å². The lowest BCUT2D eigenvalue weighted by atomic mass is 9.88. The fraction of sp³-hybridized carbons (Fsp3) is 0.0526. The Balaban J connectivity index is 2.03. The summed E-state index contributed by atoms with van der Waals surface area (Å²) in [5.74, 6) is 0.346. The molecule has 21 heavy (non-hydrogen) atoms. The first-order valence-electron chi connectivity index (χ1n) is 6.96. The van der Waals surface area contributed by atoms with Crippen LogP contribution in [0.2, 0.25) is 0 Å². The first-order chi connectivity index (χ1) is 10.3. The van der Waals surface area contributed by atoms with Gasteiger partial charge in [-0.25, -0.2) is 0 Å². The molecule has 0 fully saturated rings. The van der Waals surface area contributed by atoms with E-state index in [0.717, 1.165) is 5.56 Å². The highest BCUT2D eigenvalue weighted by Gasteiger charge is 2.30. The zero-order chi connectivity index (χ0) is 14.4. The van der Waals surface area contributed by atoms with Crippen molar-refractivity contribution >= 4 is 0 Å². The Morgan fingerprint density at radius 1 is 0.619 bits per heavy atom. The third-order valence-corrected chi connectivity index (χ3v) is 4.16. The predicted octanol–water partition coefficient (Wildman–Crippen LogP) is 4.26. The van der Waals surface area contributed by atoms with E-state index in [1.54, 1.807) is 12.1 Å². The van der Waals surface area contributed by atoms with Gasteiger partial charge < -0.3 is 10.2 Å². The molecule has 0 radical (unpaired) electrons. The van der Waals surface area contributed by atoms with Gasteiger partial charge in [0.15, 0.2) is 0 Å². The van der Waals surface area contributed by atoms with Gasteiger partial charge in [-0.2, -0.15) is 0 Å². The summed E-state index contributed by atoms with van der Waals surface area (Å²) in [6.45, 7) is 0. The summed E-state index contributed by atoms with van der Waals surface area (Å²) >= 11 is 0. The molecule has 0 unspecified atom stereocenters. The van der Waals surface area contributed by atoms with E-state index in [9.17, 15) is 10.2 Å². The Kier molecular flexibility index (Phi) is 2.51. The smallest absolute Gasteiger partial charge is 0.120 e. The molecular weight excluding hydrogens is 260 g/mol. The van der Waals surface area contributed by atoms with E-state index in [0.29, 0.717) is 0 Å². The van der Waals surface area contributed by atoms with Gasteiger partial charge in [-0.15, -0.1) is 0 Å². The number of phenolic OH excluding ortho intramolecular Hbond substituents is 2. The molecule has 3 aromatic carbocycles. The van der Waals surface area contributed by atoms with Gasteiger partial charge >= 0.3 is 0 Å². The van der Waals surface area contributed by atoms with Gasteiger partial charge in [-0.1, -0.05) is 48.5 Å². The summed E-state index contributed by atoms with van der Waals surface area (Å²) in [5.41, 5.74) is 5.47. The molecule has 1 aliphatic rings. The van der Waals surface area contributed by atoms with Crippen LogP contribution in [0.4, 0.5) is 0 Å². The third-order valence-electron chi connectivity index (χ3n) is 4.16. The number of aromatic hydroxyl groups is 2. The molecule has 0 amide bonds. The maximum Gasteiger partial charge on any atom is 0.120 e. The van der Waals surface area contributed by atoms with E-state index < -0.39 is 0 Å². The Labute approximate surface area is 122 Å². The van der Waals surface area contributed by atoms with Crippen molar-refractivity contribution < 1.29 is 10.2 Å². The van der Waals surface area contributed by atoms with Gasteiger partial charge in [-0.05, 0) is 40.5 Å². The minimum atomic E-state index is -0.0375. The highest BCUT2D eigenvalue weighted by atomic mass is 16.3. The second kappa shape index (κ2) is 4.38. The molecule has 3 aromatic rings. The molecule has 0 heterocycles. The van der Waals surface area contributed by atoms with Crippen LogP contribution in [0.15, 0.2) is 66.7 Å². The number of hydrogen-bond donors (Lipinski definition) is 2. The van der Waals surface area contributed by atoms with Crippen LogP contribution in [-0.2, 0) is 0 Å². The molecule has 0 saturated heterocycles. The molecule has 0 atom stereocenters. The standard InChI is InChI=1S/C19H14O2/c20-12-9-10-18(21)17(11-12)19-15-7-3-1-5-13(15)14-6-2-4-8-16(14)19/h1-11,19-21H. The van der Waals surface area contributed by atoms with E-state index in [-0.39, 0.29) is 17.4 Å². The van der Waals surface area contributed by atoms with Crippen molar-refractivity contribution in [3.05, 3.63) is 83.4 Å². The Hall–Kier alpha value is -2.74. The second-order valence-electron chi connectivity index (χ2n) is 5.35. The van der Waals surface area contributed by atoms with Crippen LogP contribution in [-0.4, -0.2) is 10.2 Å². The van der Waals surface area contributed by atoms with Crippen LogP contribution in [0, 0.1) is 0 Å². The van der Waals surface area contributed by atoms with Gasteiger partial charge in [-0.3, -0.25) is 0 Å². The number of rotatable bonds is 1. The lowest BCUT2D eigenvalue weighted by molar-refractivity contribution is 0.453. The lowest BCUT2D eigenvalue weighted by Gasteiger charge is -2.16. The van der Waals surface area contributed by atoms with E-state index in [2.05, 4.69) is 24.3 Å². The Bertz CT molecular complexity index is 791. The summed E-state index contributed by atoms with van der Waals surface area (Å²) < 4.78 is 0. The maximum absolute atomic E-state index is 10.2. The molecule has 0 spiro atoms. The number of fused-ring (bicyclic) bond motifs is 3. The summed E-state index contributed by atoms with van der Waals surface area (Å²) in [5, 5.41) is 20.0. The maximum atomic E-state index is 10.2. The molecule has 0 aromatic heterocycles. The van der Waals surface area contributed by atoms with E-state index >= 15 is 0 Å². The number of phenols is 2. The minimum Gasteiger partial charge on any atom is -0.508 e. The molecule has 4 rings (SSSR count). The zero-order valence-electron chi connectivity index (χ0n) is 11.3. The van der Waals surface area contributed by atoms with Crippen LogP contribution in [0.3, 0.4) is 0 Å². The average molecular weight is 274 g/mol. The fourth-order valence-electron chi connectivity index (χ4n) is 3.26. The third kappa shape index (κ3) is 1.73. The van der Waals surface area contributed by atoms with Crippen molar-refractivity contribution in [2.24, 2.45) is 0 Å². The normalized spacial score (nSPS) is 13.0. The summed E-state index contributed by atoms with van der Waals surface area (Å²) in [6.07, 6.45) is 0. The van der Waals surface area contributed by atoms with Crippen molar-refractivity contribution in [3.8, 4) is 22.6 Å². The highest BCUT2D eigenvalue weighted by molar-refractivity contribution is 5.81. The quantitative estimate of drug-likeness (QED) is 0.509. The van der Waals surface area contributed by atoms with E-state index in [1.165, 1.54) is 28.3 Å². The van der Waals surface area contributed by atoms with Crippen molar-refractivity contribution in [3.63, 3.8) is 0 Å². The highest BCUT2D eigenvalue weighted by Crippen LogP contribution is 2.49. The van der Waals surface area contributed by atoms with Crippen LogP contribution in [0.5, 0.6) is 11.5 Å². The zero-order valence-corrected chi connectivity index (χ0v) is 11.3. The van der Waals surface area contributed by atoms with Crippen LogP contribution in [0.1, 0.15) is 22.6 Å². The largest absolute Gasteiger partial charge is 0.508 e. The van der Waals surface area contributed by atoms with Crippen molar-refractivity contribution in [2.45, 2.75) is 5.92 Å². The number of hydrogen-bond acceptors (Lipinski definition) is 2. The fourth-order valence-corrected chi connectivity index (χ4v) is 3.26. The van der Waals surface area contributed by atoms with Crippen LogP contribution in [0.25, 0.3) is 11.1 Å². The average Bonchev–Trinajstić information content (AvgIpc) is 2.84. The van der Waals surface area contributed by atoms with Gasteiger partial charge in [0.05, 0.1) is 0 Å². The summed E-state index contributed by atoms with van der Waals surface area (Å²) in [7, 11) is 0. The monoisotopic (exact) mass is 274 g/mol. The SMILES string of the molecule is Oc1ccc(O)c(C2c3ccccc3-c3ccccc32)c1. The molecule has 2 heteroatoms. The predicted molar refractivity (Wildman–Crippen MR) is 82.6 cm³/mol. The van der Waals surface area contributed by atoms with Crippen molar-refractivity contribution in [1.82, 2.24) is 0 Å².